The summed E-state index contributed by atoms with van der Waals surface area (Å²) in [6.07, 6.45) is 0. The average molecular weight is 311 g/mol. The highest BCUT2D eigenvalue weighted by Gasteiger charge is 2.44. The molecule has 23 heavy (non-hydrogen) atoms. The molecule has 1 atom stereocenters. The average Bonchev–Trinajstić information content (AvgIpc) is 2.89. The van der Waals surface area contributed by atoms with Gasteiger partial charge in [-0.15, -0.1) is 0 Å². The van der Waals surface area contributed by atoms with Crippen LogP contribution in [0.15, 0.2) is 54.6 Å². The van der Waals surface area contributed by atoms with Crippen molar-refractivity contribution in [2.45, 2.75) is 25.6 Å². The minimum Gasteiger partial charge on any atom is -0.394 e. The molecule has 4 heteroatoms. The summed E-state index contributed by atoms with van der Waals surface area (Å²) in [5.74, 6) is -0.119. The molecule has 2 aromatic carbocycles. The third-order valence-corrected chi connectivity index (χ3v) is 4.25. The van der Waals surface area contributed by atoms with Crippen molar-refractivity contribution in [2.24, 2.45) is 0 Å². The Morgan fingerprint density at radius 3 is 2.52 bits per heavy atom. The van der Waals surface area contributed by atoms with Crippen molar-refractivity contribution in [3.05, 3.63) is 60.2 Å². The zero-order chi connectivity index (χ0) is 16.4. The second-order valence-corrected chi connectivity index (χ2v) is 6.18. The summed E-state index contributed by atoms with van der Waals surface area (Å²) < 4.78 is 5.69. The molecule has 1 fully saturated rings. The second kappa shape index (κ2) is 6.14. The summed E-state index contributed by atoms with van der Waals surface area (Å²) in [6.45, 7) is 3.95. The van der Waals surface area contributed by atoms with Gasteiger partial charge in [0.1, 0.15) is 5.72 Å². The first-order valence-corrected chi connectivity index (χ1v) is 7.77. The molecule has 1 aliphatic rings. The molecule has 0 radical (unpaired) electrons. The van der Waals surface area contributed by atoms with E-state index in [9.17, 15) is 9.90 Å². The Kier molecular flexibility index (Phi) is 4.20. The smallest absolute Gasteiger partial charge is 0.257 e. The van der Waals surface area contributed by atoms with Crippen LogP contribution in [-0.2, 0) is 4.74 Å². The lowest BCUT2D eigenvalue weighted by Crippen LogP contribution is -2.49. The van der Waals surface area contributed by atoms with Gasteiger partial charge in [0.15, 0.2) is 0 Å². The monoisotopic (exact) mass is 311 g/mol. The van der Waals surface area contributed by atoms with E-state index in [0.29, 0.717) is 12.2 Å². The molecule has 0 aliphatic carbocycles. The number of nitrogens with zero attached hydrogens (tertiary/aromatic N) is 1. The van der Waals surface area contributed by atoms with E-state index in [4.69, 9.17) is 4.74 Å². The van der Waals surface area contributed by atoms with Gasteiger partial charge in [0.05, 0.1) is 19.3 Å². The summed E-state index contributed by atoms with van der Waals surface area (Å²) in [5, 5.41) is 9.58. The molecule has 1 unspecified atom stereocenters. The van der Waals surface area contributed by atoms with Gasteiger partial charge in [0.25, 0.3) is 5.91 Å². The van der Waals surface area contributed by atoms with Crippen LogP contribution >= 0.6 is 0 Å². The number of amides is 1. The van der Waals surface area contributed by atoms with Crippen molar-refractivity contribution < 1.29 is 14.6 Å². The van der Waals surface area contributed by atoms with Crippen LogP contribution in [0.2, 0.25) is 0 Å². The summed E-state index contributed by atoms with van der Waals surface area (Å²) >= 11 is 0. The summed E-state index contributed by atoms with van der Waals surface area (Å²) in [7, 11) is 0. The molecule has 1 aliphatic heterocycles. The van der Waals surface area contributed by atoms with Crippen molar-refractivity contribution >= 4 is 5.91 Å². The SMILES string of the molecule is CC1(C)OCC(CO)N1C(=O)c1ccccc1-c1ccccc1. The van der Waals surface area contributed by atoms with Crippen LogP contribution in [0, 0.1) is 0 Å². The Morgan fingerprint density at radius 2 is 1.83 bits per heavy atom. The number of benzene rings is 2. The molecule has 1 heterocycles. The molecule has 1 saturated heterocycles. The van der Waals surface area contributed by atoms with Crippen molar-refractivity contribution in [1.82, 2.24) is 4.90 Å². The quantitative estimate of drug-likeness (QED) is 0.948. The van der Waals surface area contributed by atoms with Gasteiger partial charge in [-0.3, -0.25) is 4.79 Å². The normalized spacial score (nSPS) is 19.8. The van der Waals surface area contributed by atoms with Crippen LogP contribution < -0.4 is 0 Å². The molecule has 0 saturated carbocycles. The van der Waals surface area contributed by atoms with Gasteiger partial charge in [-0.2, -0.15) is 0 Å². The Bertz CT molecular complexity index is 697. The number of hydrogen-bond acceptors (Lipinski definition) is 3. The standard InChI is InChI=1S/C19H21NO3/c1-19(2)20(15(12-21)13-23-19)18(22)17-11-7-6-10-16(17)14-8-4-3-5-9-14/h3-11,15,21H,12-13H2,1-2H3. The highest BCUT2D eigenvalue weighted by atomic mass is 16.5. The predicted molar refractivity (Wildman–Crippen MR) is 89.0 cm³/mol. The highest BCUT2D eigenvalue weighted by molar-refractivity contribution is 6.01. The molecule has 2 aromatic rings. The third kappa shape index (κ3) is 2.87. The number of aliphatic hydroxyl groups is 1. The number of hydrogen-bond donors (Lipinski definition) is 1. The summed E-state index contributed by atoms with van der Waals surface area (Å²) in [6, 6.07) is 17.1. The first kappa shape index (κ1) is 15.7. The fourth-order valence-electron chi connectivity index (χ4n) is 3.10. The molecular formula is C19H21NO3. The number of carbonyl (C=O) groups is 1. The maximum absolute atomic E-state index is 13.2. The van der Waals surface area contributed by atoms with E-state index < -0.39 is 5.72 Å². The van der Waals surface area contributed by atoms with Crippen molar-refractivity contribution in [2.75, 3.05) is 13.2 Å². The first-order chi connectivity index (χ1) is 11.0. The Labute approximate surface area is 136 Å². The molecule has 1 N–H and O–H groups in total. The molecular weight excluding hydrogens is 290 g/mol. The second-order valence-electron chi connectivity index (χ2n) is 6.18. The molecule has 0 spiro atoms. The van der Waals surface area contributed by atoms with Gasteiger partial charge in [-0.1, -0.05) is 48.5 Å². The van der Waals surface area contributed by atoms with Gasteiger partial charge >= 0.3 is 0 Å². The van der Waals surface area contributed by atoms with Crippen molar-refractivity contribution in [3.8, 4) is 11.1 Å². The van der Waals surface area contributed by atoms with Crippen LogP contribution in [-0.4, -0.2) is 40.9 Å². The van der Waals surface area contributed by atoms with E-state index in [1.54, 1.807) is 4.90 Å². The van der Waals surface area contributed by atoms with E-state index in [-0.39, 0.29) is 18.6 Å². The predicted octanol–water partition coefficient (Wildman–Crippen LogP) is 2.92. The lowest BCUT2D eigenvalue weighted by molar-refractivity contribution is -0.0414. The highest BCUT2D eigenvalue weighted by Crippen LogP contribution is 2.32. The molecule has 0 aromatic heterocycles. The van der Waals surface area contributed by atoms with Crippen LogP contribution in [0.4, 0.5) is 0 Å². The van der Waals surface area contributed by atoms with Gasteiger partial charge < -0.3 is 14.7 Å². The van der Waals surface area contributed by atoms with Gasteiger partial charge in [0, 0.05) is 5.56 Å². The van der Waals surface area contributed by atoms with E-state index in [1.807, 2.05) is 68.4 Å². The summed E-state index contributed by atoms with van der Waals surface area (Å²) in [5.41, 5.74) is 1.78. The van der Waals surface area contributed by atoms with Crippen LogP contribution in [0.5, 0.6) is 0 Å². The van der Waals surface area contributed by atoms with Crippen molar-refractivity contribution in [1.29, 1.82) is 0 Å². The number of rotatable bonds is 3. The summed E-state index contributed by atoms with van der Waals surface area (Å²) in [4.78, 5) is 14.8. The number of carbonyl (C=O) groups excluding carboxylic acids is 1. The lowest BCUT2D eigenvalue weighted by Gasteiger charge is -2.33. The van der Waals surface area contributed by atoms with Crippen molar-refractivity contribution in [3.63, 3.8) is 0 Å². The largest absolute Gasteiger partial charge is 0.394 e. The van der Waals surface area contributed by atoms with Crippen LogP contribution in [0.1, 0.15) is 24.2 Å². The fourth-order valence-corrected chi connectivity index (χ4v) is 3.10. The Hall–Kier alpha value is -2.17. The zero-order valence-corrected chi connectivity index (χ0v) is 13.4. The minimum atomic E-state index is -0.728. The third-order valence-electron chi connectivity index (χ3n) is 4.25. The Morgan fingerprint density at radius 1 is 1.17 bits per heavy atom. The lowest BCUT2D eigenvalue weighted by atomic mass is 9.98. The van der Waals surface area contributed by atoms with E-state index >= 15 is 0 Å². The van der Waals surface area contributed by atoms with E-state index in [2.05, 4.69) is 0 Å². The van der Waals surface area contributed by atoms with Crippen LogP contribution in [0.25, 0.3) is 11.1 Å². The fraction of sp³-hybridized carbons (Fsp3) is 0.316. The maximum Gasteiger partial charge on any atom is 0.257 e. The first-order valence-electron chi connectivity index (χ1n) is 7.77. The van der Waals surface area contributed by atoms with Gasteiger partial charge in [-0.05, 0) is 31.0 Å². The molecule has 4 nitrogen and oxygen atoms in total. The van der Waals surface area contributed by atoms with Crippen LogP contribution in [0.3, 0.4) is 0 Å². The minimum absolute atomic E-state index is 0.108. The molecule has 0 bridgehead atoms. The molecule has 3 rings (SSSR count). The van der Waals surface area contributed by atoms with Gasteiger partial charge in [0.2, 0.25) is 0 Å². The number of ether oxygens (including phenoxy) is 1. The maximum atomic E-state index is 13.2. The molecule has 120 valence electrons. The zero-order valence-electron chi connectivity index (χ0n) is 13.4. The van der Waals surface area contributed by atoms with E-state index in [0.717, 1.165) is 11.1 Å². The number of aliphatic hydroxyl groups excluding tert-OH is 1. The Balaban J connectivity index is 2.04. The molecule has 1 amide bonds. The van der Waals surface area contributed by atoms with Gasteiger partial charge in [-0.25, -0.2) is 0 Å². The topological polar surface area (TPSA) is 49.8 Å². The van der Waals surface area contributed by atoms with E-state index in [1.165, 1.54) is 0 Å².